The lowest BCUT2D eigenvalue weighted by molar-refractivity contribution is 0.205. The number of thiol groups is 1. The van der Waals surface area contributed by atoms with Gasteiger partial charge < -0.3 is 4.90 Å². The minimum Gasteiger partial charge on any atom is -0.301 e. The van der Waals surface area contributed by atoms with E-state index in [-0.39, 0.29) is 0 Å². The first-order valence-electron chi connectivity index (χ1n) is 6.28. The minimum absolute atomic E-state index is 0.726. The van der Waals surface area contributed by atoms with Gasteiger partial charge in [-0.3, -0.25) is 4.90 Å². The van der Waals surface area contributed by atoms with E-state index in [1.165, 1.54) is 39.1 Å². The van der Waals surface area contributed by atoms with Crippen molar-refractivity contribution in [2.45, 2.75) is 33.2 Å². The standard InChI is InChI=1S/C12H26N2S/c1-4-14(5-2)12-6-7-13(9-12)8-11(3)10-15/h11-12,15H,4-10H2,1-3H3. The smallest absolute Gasteiger partial charge is 0.0235 e. The highest BCUT2D eigenvalue weighted by atomic mass is 32.1. The minimum atomic E-state index is 0.726. The third-order valence-electron chi connectivity index (χ3n) is 3.46. The van der Waals surface area contributed by atoms with Gasteiger partial charge in [0, 0.05) is 19.1 Å². The molecule has 1 aliphatic heterocycles. The topological polar surface area (TPSA) is 6.48 Å². The molecule has 0 aromatic carbocycles. The van der Waals surface area contributed by atoms with Crippen LogP contribution in [0.4, 0.5) is 0 Å². The van der Waals surface area contributed by atoms with Crippen LogP contribution in [0, 0.1) is 5.92 Å². The fourth-order valence-corrected chi connectivity index (χ4v) is 2.63. The fraction of sp³-hybridized carbons (Fsp3) is 1.00. The van der Waals surface area contributed by atoms with E-state index in [0.29, 0.717) is 0 Å². The van der Waals surface area contributed by atoms with Crippen molar-refractivity contribution in [2.75, 3.05) is 38.5 Å². The summed E-state index contributed by atoms with van der Waals surface area (Å²) in [4.78, 5) is 5.19. The van der Waals surface area contributed by atoms with E-state index >= 15 is 0 Å². The molecule has 0 N–H and O–H groups in total. The van der Waals surface area contributed by atoms with E-state index in [1.807, 2.05) is 0 Å². The number of hydrogen-bond donors (Lipinski definition) is 1. The zero-order valence-corrected chi connectivity index (χ0v) is 11.3. The van der Waals surface area contributed by atoms with Crippen LogP contribution in [0.1, 0.15) is 27.2 Å². The van der Waals surface area contributed by atoms with Gasteiger partial charge in [-0.1, -0.05) is 20.8 Å². The molecule has 0 saturated carbocycles. The number of hydrogen-bond acceptors (Lipinski definition) is 3. The largest absolute Gasteiger partial charge is 0.301 e. The zero-order valence-electron chi connectivity index (χ0n) is 10.4. The zero-order chi connectivity index (χ0) is 11.3. The van der Waals surface area contributed by atoms with Crippen LogP contribution in [-0.4, -0.2) is 54.3 Å². The highest BCUT2D eigenvalue weighted by molar-refractivity contribution is 7.80. The molecule has 1 fully saturated rings. The normalized spacial score (nSPS) is 25.0. The molecule has 2 unspecified atom stereocenters. The monoisotopic (exact) mass is 230 g/mol. The van der Waals surface area contributed by atoms with Gasteiger partial charge in [0.1, 0.15) is 0 Å². The van der Waals surface area contributed by atoms with Crippen LogP contribution in [0.2, 0.25) is 0 Å². The molecule has 0 spiro atoms. The van der Waals surface area contributed by atoms with Gasteiger partial charge in [0.05, 0.1) is 0 Å². The Bertz CT molecular complexity index is 171. The molecule has 0 aliphatic carbocycles. The van der Waals surface area contributed by atoms with E-state index in [9.17, 15) is 0 Å². The molecule has 2 nitrogen and oxygen atoms in total. The van der Waals surface area contributed by atoms with Crippen molar-refractivity contribution >= 4 is 12.6 Å². The Morgan fingerprint density at radius 2 is 2.07 bits per heavy atom. The summed E-state index contributed by atoms with van der Waals surface area (Å²) < 4.78 is 0. The second-order valence-corrected chi connectivity index (χ2v) is 5.08. The maximum absolute atomic E-state index is 4.35. The molecule has 1 saturated heterocycles. The van der Waals surface area contributed by atoms with Gasteiger partial charge in [0.2, 0.25) is 0 Å². The lowest BCUT2D eigenvalue weighted by Crippen LogP contribution is -2.38. The summed E-state index contributed by atoms with van der Waals surface area (Å²) >= 11 is 4.35. The summed E-state index contributed by atoms with van der Waals surface area (Å²) in [7, 11) is 0. The van der Waals surface area contributed by atoms with E-state index in [2.05, 4.69) is 43.2 Å². The number of rotatable bonds is 6. The van der Waals surface area contributed by atoms with Crippen molar-refractivity contribution < 1.29 is 0 Å². The van der Waals surface area contributed by atoms with Crippen molar-refractivity contribution in [3.63, 3.8) is 0 Å². The van der Waals surface area contributed by atoms with Crippen LogP contribution >= 0.6 is 12.6 Å². The summed E-state index contributed by atoms with van der Waals surface area (Å²) in [5.74, 6) is 1.73. The Morgan fingerprint density at radius 1 is 1.40 bits per heavy atom. The van der Waals surface area contributed by atoms with Crippen molar-refractivity contribution in [1.29, 1.82) is 0 Å². The Hall–Kier alpha value is 0.270. The van der Waals surface area contributed by atoms with E-state index in [1.54, 1.807) is 0 Å². The molecule has 15 heavy (non-hydrogen) atoms. The average molecular weight is 230 g/mol. The summed E-state index contributed by atoms with van der Waals surface area (Å²) in [5.41, 5.74) is 0. The Morgan fingerprint density at radius 3 is 2.60 bits per heavy atom. The molecule has 1 heterocycles. The predicted molar refractivity (Wildman–Crippen MR) is 70.8 cm³/mol. The Balaban J connectivity index is 2.31. The average Bonchev–Trinajstić information content (AvgIpc) is 2.68. The molecule has 3 heteroatoms. The quantitative estimate of drug-likeness (QED) is 0.697. The third-order valence-corrected chi connectivity index (χ3v) is 4.08. The number of likely N-dealkylation sites (N-methyl/N-ethyl adjacent to an activating group) is 1. The molecule has 90 valence electrons. The van der Waals surface area contributed by atoms with Crippen LogP contribution in [0.5, 0.6) is 0 Å². The molecule has 0 amide bonds. The molecular formula is C12H26N2S. The fourth-order valence-electron chi connectivity index (χ4n) is 2.51. The summed E-state index contributed by atoms with van der Waals surface area (Å²) in [6.45, 7) is 13.0. The van der Waals surface area contributed by atoms with Gasteiger partial charge in [-0.2, -0.15) is 12.6 Å². The molecule has 0 aromatic rings. The van der Waals surface area contributed by atoms with Crippen molar-refractivity contribution in [2.24, 2.45) is 5.92 Å². The SMILES string of the molecule is CCN(CC)C1CCN(CC(C)CS)C1. The van der Waals surface area contributed by atoms with Crippen molar-refractivity contribution in [3.8, 4) is 0 Å². The second kappa shape index (κ2) is 6.77. The summed E-state index contributed by atoms with van der Waals surface area (Å²) in [5, 5.41) is 0. The highest BCUT2D eigenvalue weighted by Gasteiger charge is 2.26. The van der Waals surface area contributed by atoms with Crippen molar-refractivity contribution in [1.82, 2.24) is 9.80 Å². The maximum Gasteiger partial charge on any atom is 0.0235 e. The van der Waals surface area contributed by atoms with Gasteiger partial charge in [0.25, 0.3) is 0 Å². The first kappa shape index (κ1) is 13.3. The first-order valence-corrected chi connectivity index (χ1v) is 6.91. The third kappa shape index (κ3) is 3.97. The van der Waals surface area contributed by atoms with Gasteiger partial charge in [-0.05, 0) is 37.7 Å². The van der Waals surface area contributed by atoms with Gasteiger partial charge in [0.15, 0.2) is 0 Å². The van der Waals surface area contributed by atoms with Crippen LogP contribution < -0.4 is 0 Å². The lowest BCUT2D eigenvalue weighted by atomic mass is 10.2. The first-order chi connectivity index (χ1) is 7.21. The molecule has 1 aliphatic rings. The Kier molecular flexibility index (Phi) is 6.02. The van der Waals surface area contributed by atoms with Crippen molar-refractivity contribution in [3.05, 3.63) is 0 Å². The molecule has 0 bridgehead atoms. The van der Waals surface area contributed by atoms with Crippen LogP contribution in [0.3, 0.4) is 0 Å². The molecule has 2 atom stereocenters. The molecule has 0 aromatic heterocycles. The number of nitrogens with zero attached hydrogens (tertiary/aromatic N) is 2. The van der Waals surface area contributed by atoms with Crippen LogP contribution in [0.15, 0.2) is 0 Å². The lowest BCUT2D eigenvalue weighted by Gasteiger charge is -2.26. The van der Waals surface area contributed by atoms with E-state index < -0.39 is 0 Å². The van der Waals surface area contributed by atoms with Crippen LogP contribution in [-0.2, 0) is 0 Å². The summed E-state index contributed by atoms with van der Waals surface area (Å²) in [6, 6.07) is 0.798. The second-order valence-electron chi connectivity index (χ2n) is 4.71. The van der Waals surface area contributed by atoms with E-state index in [4.69, 9.17) is 0 Å². The van der Waals surface area contributed by atoms with E-state index in [0.717, 1.165) is 17.7 Å². The van der Waals surface area contributed by atoms with Crippen LogP contribution in [0.25, 0.3) is 0 Å². The molecular weight excluding hydrogens is 204 g/mol. The number of likely N-dealkylation sites (tertiary alicyclic amines) is 1. The van der Waals surface area contributed by atoms with Gasteiger partial charge in [-0.15, -0.1) is 0 Å². The van der Waals surface area contributed by atoms with Gasteiger partial charge in [-0.25, -0.2) is 0 Å². The summed E-state index contributed by atoms with van der Waals surface area (Å²) in [6.07, 6.45) is 1.35. The van der Waals surface area contributed by atoms with Gasteiger partial charge >= 0.3 is 0 Å². The predicted octanol–water partition coefficient (Wildman–Crippen LogP) is 1.97. The molecule has 0 radical (unpaired) electrons. The highest BCUT2D eigenvalue weighted by Crippen LogP contribution is 2.16. The molecule has 1 rings (SSSR count). The Labute approximate surface area is 100 Å². The maximum atomic E-state index is 4.35.